The molecule has 0 spiro atoms. The van der Waals surface area contributed by atoms with E-state index < -0.39 is 15.9 Å². The van der Waals surface area contributed by atoms with Crippen LogP contribution in [0.5, 0.6) is 5.88 Å². The molecular formula is C19H16Cl2N2O4S. The van der Waals surface area contributed by atoms with Crippen molar-refractivity contribution in [1.82, 2.24) is 10.2 Å². The van der Waals surface area contributed by atoms with Crippen molar-refractivity contribution in [2.75, 3.05) is 0 Å². The molecule has 0 bridgehead atoms. The van der Waals surface area contributed by atoms with Gasteiger partial charge in [0, 0.05) is 10.6 Å². The van der Waals surface area contributed by atoms with Crippen molar-refractivity contribution in [3.63, 3.8) is 0 Å². The van der Waals surface area contributed by atoms with Crippen LogP contribution in [0, 0.1) is 6.92 Å². The zero-order chi connectivity index (χ0) is 20.5. The summed E-state index contributed by atoms with van der Waals surface area (Å²) in [7, 11) is -4.16. The van der Waals surface area contributed by atoms with Crippen LogP contribution in [0.3, 0.4) is 0 Å². The Morgan fingerprint density at radius 3 is 2.43 bits per heavy atom. The number of ketones is 1. The van der Waals surface area contributed by atoms with Crippen molar-refractivity contribution in [2.24, 2.45) is 0 Å². The molecule has 1 aromatic heterocycles. The molecule has 0 saturated heterocycles. The standard InChI is InChI=1S/C19H16Cl2N2O4S/c1-3-16-17(18(24)14-9-6-12(20)10-15(14)21)19(23-22-16)27-28(25,26)13-7-4-11(2)5-8-13/h4-10H,3H2,1-2H3,(H,22,23). The normalized spacial score (nSPS) is 11.4. The average molecular weight is 439 g/mol. The monoisotopic (exact) mass is 438 g/mol. The highest BCUT2D eigenvalue weighted by molar-refractivity contribution is 7.87. The van der Waals surface area contributed by atoms with Crippen LogP contribution in [0.2, 0.25) is 10.0 Å². The summed E-state index contributed by atoms with van der Waals surface area (Å²) >= 11 is 12.0. The maximum atomic E-state index is 13.0. The Labute approximate surface area is 172 Å². The van der Waals surface area contributed by atoms with Gasteiger partial charge in [0.05, 0.1) is 10.7 Å². The minimum absolute atomic E-state index is 0.0161. The lowest BCUT2D eigenvalue weighted by Gasteiger charge is -2.09. The van der Waals surface area contributed by atoms with E-state index in [1.165, 1.54) is 30.3 Å². The van der Waals surface area contributed by atoms with Crippen molar-refractivity contribution in [3.05, 3.63) is 74.9 Å². The molecule has 0 aliphatic carbocycles. The van der Waals surface area contributed by atoms with Crippen molar-refractivity contribution in [2.45, 2.75) is 25.2 Å². The summed E-state index contributed by atoms with van der Waals surface area (Å²) in [5.41, 5.74) is 1.45. The molecule has 146 valence electrons. The van der Waals surface area contributed by atoms with Crippen molar-refractivity contribution >= 4 is 39.1 Å². The number of nitrogens with one attached hydrogen (secondary N) is 1. The fourth-order valence-electron chi connectivity index (χ4n) is 2.58. The van der Waals surface area contributed by atoms with Crippen LogP contribution in [-0.2, 0) is 16.5 Å². The second kappa shape index (κ2) is 7.95. The van der Waals surface area contributed by atoms with Crippen LogP contribution in [0.4, 0.5) is 0 Å². The quantitative estimate of drug-likeness (QED) is 0.449. The van der Waals surface area contributed by atoms with E-state index in [0.717, 1.165) is 5.56 Å². The lowest BCUT2D eigenvalue weighted by atomic mass is 10.0. The van der Waals surface area contributed by atoms with Crippen LogP contribution >= 0.6 is 23.2 Å². The highest BCUT2D eigenvalue weighted by Gasteiger charge is 2.28. The minimum Gasteiger partial charge on any atom is -0.358 e. The molecule has 1 N–H and O–H groups in total. The SMILES string of the molecule is CCc1n[nH]c(OS(=O)(=O)c2ccc(C)cc2)c1C(=O)c1ccc(Cl)cc1Cl. The van der Waals surface area contributed by atoms with E-state index in [0.29, 0.717) is 17.1 Å². The third-order valence-corrected chi connectivity index (χ3v) is 5.83. The number of aromatic amines is 1. The Hall–Kier alpha value is -2.35. The van der Waals surface area contributed by atoms with E-state index in [2.05, 4.69) is 10.2 Å². The molecule has 0 aliphatic rings. The van der Waals surface area contributed by atoms with E-state index in [1.807, 2.05) is 6.92 Å². The molecule has 3 aromatic rings. The second-order valence-electron chi connectivity index (χ2n) is 6.03. The number of hydrogen-bond acceptors (Lipinski definition) is 5. The highest BCUT2D eigenvalue weighted by Crippen LogP contribution is 2.30. The van der Waals surface area contributed by atoms with E-state index in [4.69, 9.17) is 27.4 Å². The molecule has 0 saturated carbocycles. The summed E-state index contributed by atoms with van der Waals surface area (Å²) in [4.78, 5) is 13.0. The summed E-state index contributed by atoms with van der Waals surface area (Å²) in [6, 6.07) is 10.6. The first-order valence-corrected chi connectivity index (χ1v) is 10.5. The van der Waals surface area contributed by atoms with Gasteiger partial charge in [-0.25, -0.2) is 5.10 Å². The Bertz CT molecular complexity index is 1140. The first-order valence-electron chi connectivity index (χ1n) is 8.31. The molecule has 2 aromatic carbocycles. The first kappa shape index (κ1) is 20.4. The van der Waals surface area contributed by atoms with Gasteiger partial charge in [-0.05, 0) is 43.7 Å². The lowest BCUT2D eigenvalue weighted by molar-refractivity contribution is 0.103. The van der Waals surface area contributed by atoms with Gasteiger partial charge >= 0.3 is 10.1 Å². The van der Waals surface area contributed by atoms with Gasteiger partial charge in [-0.1, -0.05) is 47.8 Å². The summed E-state index contributed by atoms with van der Waals surface area (Å²) in [6.45, 7) is 3.63. The van der Waals surface area contributed by atoms with Gasteiger partial charge < -0.3 is 4.18 Å². The van der Waals surface area contributed by atoms with Crippen LogP contribution in [0.15, 0.2) is 47.4 Å². The minimum atomic E-state index is -4.16. The molecule has 6 nitrogen and oxygen atoms in total. The molecule has 28 heavy (non-hydrogen) atoms. The van der Waals surface area contributed by atoms with Crippen LogP contribution in [0.25, 0.3) is 0 Å². The van der Waals surface area contributed by atoms with Gasteiger partial charge in [0.15, 0.2) is 0 Å². The molecule has 1 heterocycles. The van der Waals surface area contributed by atoms with Crippen LogP contribution in [-0.4, -0.2) is 24.4 Å². The third kappa shape index (κ3) is 4.06. The fraction of sp³-hybridized carbons (Fsp3) is 0.158. The average Bonchev–Trinajstić information content (AvgIpc) is 3.03. The molecular weight excluding hydrogens is 423 g/mol. The Morgan fingerprint density at radius 2 is 1.82 bits per heavy atom. The number of H-pyrrole nitrogens is 1. The van der Waals surface area contributed by atoms with Crippen LogP contribution in [0.1, 0.15) is 34.1 Å². The van der Waals surface area contributed by atoms with Crippen molar-refractivity contribution in [3.8, 4) is 5.88 Å². The zero-order valence-electron chi connectivity index (χ0n) is 15.0. The number of carbonyl (C=O) groups excluding carboxylic acids is 1. The van der Waals surface area contributed by atoms with E-state index in [1.54, 1.807) is 19.1 Å². The molecule has 0 unspecified atom stereocenters. The van der Waals surface area contributed by atoms with E-state index in [9.17, 15) is 13.2 Å². The fourth-order valence-corrected chi connectivity index (χ4v) is 3.98. The van der Waals surface area contributed by atoms with E-state index in [-0.39, 0.29) is 26.9 Å². The van der Waals surface area contributed by atoms with Crippen LogP contribution < -0.4 is 4.18 Å². The lowest BCUT2D eigenvalue weighted by Crippen LogP contribution is -2.13. The molecule has 0 fully saturated rings. The Morgan fingerprint density at radius 1 is 1.14 bits per heavy atom. The van der Waals surface area contributed by atoms with Gasteiger partial charge in [-0.3, -0.25) is 4.79 Å². The molecule has 0 radical (unpaired) electrons. The predicted octanol–water partition coefficient (Wildman–Crippen LogP) is 4.59. The first-order chi connectivity index (χ1) is 13.2. The molecule has 0 atom stereocenters. The van der Waals surface area contributed by atoms with Gasteiger partial charge in [-0.15, -0.1) is 0 Å². The van der Waals surface area contributed by atoms with Crippen molar-refractivity contribution in [1.29, 1.82) is 0 Å². The maximum Gasteiger partial charge on any atom is 0.340 e. The summed E-state index contributed by atoms with van der Waals surface area (Å²) < 4.78 is 30.4. The number of nitrogens with zero attached hydrogens (tertiary/aromatic N) is 1. The number of aromatic nitrogens is 2. The second-order valence-corrected chi connectivity index (χ2v) is 8.42. The largest absolute Gasteiger partial charge is 0.358 e. The number of carbonyl (C=O) groups is 1. The number of aryl methyl sites for hydroxylation is 2. The number of halogens is 2. The number of benzene rings is 2. The third-order valence-electron chi connectivity index (χ3n) is 4.05. The van der Waals surface area contributed by atoms with Gasteiger partial charge in [0.25, 0.3) is 0 Å². The molecule has 9 heteroatoms. The predicted molar refractivity (Wildman–Crippen MR) is 107 cm³/mol. The molecule has 3 rings (SSSR count). The Balaban J connectivity index is 2.03. The summed E-state index contributed by atoms with van der Waals surface area (Å²) in [6.07, 6.45) is 0.386. The molecule has 0 amide bonds. The summed E-state index contributed by atoms with van der Waals surface area (Å²) in [5.74, 6) is -0.769. The zero-order valence-corrected chi connectivity index (χ0v) is 17.3. The van der Waals surface area contributed by atoms with Gasteiger partial charge in [0.2, 0.25) is 11.7 Å². The summed E-state index contributed by atoms with van der Waals surface area (Å²) in [5, 5.41) is 7.04. The maximum absolute atomic E-state index is 13.0. The number of hydrogen-bond donors (Lipinski definition) is 1. The number of rotatable bonds is 6. The smallest absolute Gasteiger partial charge is 0.340 e. The van der Waals surface area contributed by atoms with Gasteiger partial charge in [0.1, 0.15) is 10.5 Å². The Kier molecular flexibility index (Phi) is 5.79. The van der Waals surface area contributed by atoms with Gasteiger partial charge in [-0.2, -0.15) is 13.5 Å². The van der Waals surface area contributed by atoms with Crippen molar-refractivity contribution < 1.29 is 17.4 Å². The molecule has 0 aliphatic heterocycles. The topological polar surface area (TPSA) is 89.1 Å². The highest BCUT2D eigenvalue weighted by atomic mass is 35.5. The van der Waals surface area contributed by atoms with E-state index >= 15 is 0 Å².